The molecule has 0 saturated heterocycles. The molecule has 1 fully saturated rings. The zero-order chi connectivity index (χ0) is 12.5. The van der Waals surface area contributed by atoms with Crippen molar-refractivity contribution in [3.8, 4) is 0 Å². The SMILES string of the molecule is Cc1cc(CCC(C)(C)CNC2CC2)c(C)s1. The van der Waals surface area contributed by atoms with Crippen molar-refractivity contribution < 1.29 is 0 Å². The highest BCUT2D eigenvalue weighted by molar-refractivity contribution is 7.12. The van der Waals surface area contributed by atoms with Crippen molar-refractivity contribution in [3.05, 3.63) is 21.4 Å². The van der Waals surface area contributed by atoms with E-state index in [1.165, 1.54) is 42.0 Å². The summed E-state index contributed by atoms with van der Waals surface area (Å²) in [6.07, 6.45) is 5.29. The first-order valence-electron chi connectivity index (χ1n) is 6.75. The molecule has 17 heavy (non-hydrogen) atoms. The molecule has 0 spiro atoms. The van der Waals surface area contributed by atoms with Crippen LogP contribution in [0.4, 0.5) is 0 Å². The summed E-state index contributed by atoms with van der Waals surface area (Å²) in [5.74, 6) is 0. The smallest absolute Gasteiger partial charge is 0.00684 e. The van der Waals surface area contributed by atoms with Gasteiger partial charge in [-0.15, -0.1) is 11.3 Å². The highest BCUT2D eigenvalue weighted by atomic mass is 32.1. The summed E-state index contributed by atoms with van der Waals surface area (Å²) < 4.78 is 0. The largest absolute Gasteiger partial charge is 0.313 e. The number of hydrogen-bond donors (Lipinski definition) is 1. The number of rotatable bonds is 6. The van der Waals surface area contributed by atoms with E-state index in [-0.39, 0.29) is 0 Å². The Labute approximate surface area is 110 Å². The number of thiophene rings is 1. The van der Waals surface area contributed by atoms with Crippen LogP contribution in [0.25, 0.3) is 0 Å². The first kappa shape index (κ1) is 13.1. The lowest BCUT2D eigenvalue weighted by Crippen LogP contribution is -2.31. The van der Waals surface area contributed by atoms with Gasteiger partial charge in [-0.1, -0.05) is 13.8 Å². The summed E-state index contributed by atoms with van der Waals surface area (Å²) in [6.45, 7) is 10.4. The summed E-state index contributed by atoms with van der Waals surface area (Å²) in [6, 6.07) is 3.20. The lowest BCUT2D eigenvalue weighted by molar-refractivity contribution is 0.313. The van der Waals surface area contributed by atoms with Crippen LogP contribution in [0.15, 0.2) is 6.07 Å². The topological polar surface area (TPSA) is 12.0 Å². The average molecular weight is 251 g/mol. The van der Waals surface area contributed by atoms with Crippen LogP contribution in [-0.2, 0) is 6.42 Å². The second-order valence-corrected chi connectivity index (χ2v) is 7.72. The van der Waals surface area contributed by atoms with Crippen molar-refractivity contribution in [2.45, 2.75) is 59.4 Å². The van der Waals surface area contributed by atoms with Gasteiger partial charge in [0.05, 0.1) is 0 Å². The minimum absolute atomic E-state index is 0.421. The van der Waals surface area contributed by atoms with Crippen LogP contribution in [0.5, 0.6) is 0 Å². The molecular weight excluding hydrogens is 226 g/mol. The van der Waals surface area contributed by atoms with Crippen molar-refractivity contribution in [2.75, 3.05) is 6.54 Å². The molecular formula is C15H25NS. The van der Waals surface area contributed by atoms with Gasteiger partial charge in [-0.05, 0) is 56.6 Å². The van der Waals surface area contributed by atoms with Crippen molar-refractivity contribution in [2.24, 2.45) is 5.41 Å². The fraction of sp³-hybridized carbons (Fsp3) is 0.733. The molecule has 0 radical (unpaired) electrons. The fourth-order valence-electron chi connectivity index (χ4n) is 2.20. The Morgan fingerprint density at radius 3 is 2.59 bits per heavy atom. The van der Waals surface area contributed by atoms with E-state index in [2.05, 4.69) is 39.1 Å². The molecule has 1 saturated carbocycles. The molecule has 0 unspecified atom stereocenters. The Balaban J connectivity index is 1.80. The van der Waals surface area contributed by atoms with Crippen molar-refractivity contribution in [3.63, 3.8) is 0 Å². The van der Waals surface area contributed by atoms with E-state index in [1.807, 2.05) is 11.3 Å². The van der Waals surface area contributed by atoms with Crippen LogP contribution in [0, 0.1) is 19.3 Å². The van der Waals surface area contributed by atoms with E-state index in [9.17, 15) is 0 Å². The zero-order valence-electron chi connectivity index (χ0n) is 11.6. The molecule has 2 heteroatoms. The Morgan fingerprint density at radius 2 is 2.06 bits per heavy atom. The van der Waals surface area contributed by atoms with Gasteiger partial charge < -0.3 is 5.32 Å². The Hall–Kier alpha value is -0.340. The average Bonchev–Trinajstić information content (AvgIpc) is 3.00. The van der Waals surface area contributed by atoms with Crippen LogP contribution in [0.3, 0.4) is 0 Å². The van der Waals surface area contributed by atoms with E-state index >= 15 is 0 Å². The molecule has 1 aromatic rings. The van der Waals surface area contributed by atoms with Crippen LogP contribution < -0.4 is 5.32 Å². The number of nitrogens with one attached hydrogen (secondary N) is 1. The van der Waals surface area contributed by atoms with Gasteiger partial charge in [-0.3, -0.25) is 0 Å². The first-order chi connectivity index (χ1) is 7.96. The molecule has 0 aliphatic heterocycles. The molecule has 0 amide bonds. The lowest BCUT2D eigenvalue weighted by Gasteiger charge is -2.25. The Kier molecular flexibility index (Phi) is 3.94. The second-order valence-electron chi connectivity index (χ2n) is 6.26. The Morgan fingerprint density at radius 1 is 1.35 bits per heavy atom. The minimum atomic E-state index is 0.421. The van der Waals surface area contributed by atoms with Gasteiger partial charge in [0, 0.05) is 22.3 Å². The molecule has 1 N–H and O–H groups in total. The first-order valence-corrected chi connectivity index (χ1v) is 7.57. The third-order valence-electron chi connectivity index (χ3n) is 3.66. The van der Waals surface area contributed by atoms with Gasteiger partial charge in [0.15, 0.2) is 0 Å². The summed E-state index contributed by atoms with van der Waals surface area (Å²) in [7, 11) is 0. The summed E-state index contributed by atoms with van der Waals surface area (Å²) in [4.78, 5) is 2.96. The maximum Gasteiger partial charge on any atom is 0.00684 e. The van der Waals surface area contributed by atoms with Crippen LogP contribution in [0.1, 0.15) is 48.4 Å². The molecule has 0 atom stereocenters. The quantitative estimate of drug-likeness (QED) is 0.803. The van der Waals surface area contributed by atoms with Crippen LogP contribution >= 0.6 is 11.3 Å². The minimum Gasteiger partial charge on any atom is -0.313 e. The molecule has 1 aliphatic carbocycles. The van der Waals surface area contributed by atoms with Gasteiger partial charge >= 0.3 is 0 Å². The third-order valence-corrected chi connectivity index (χ3v) is 4.67. The van der Waals surface area contributed by atoms with Gasteiger partial charge in [-0.2, -0.15) is 0 Å². The molecule has 1 aliphatic rings. The van der Waals surface area contributed by atoms with Crippen LogP contribution in [0.2, 0.25) is 0 Å². The molecule has 1 aromatic heterocycles. The zero-order valence-corrected chi connectivity index (χ0v) is 12.4. The predicted molar refractivity (Wildman–Crippen MR) is 76.9 cm³/mol. The van der Waals surface area contributed by atoms with E-state index < -0.39 is 0 Å². The maximum absolute atomic E-state index is 3.66. The van der Waals surface area contributed by atoms with Crippen molar-refractivity contribution in [1.29, 1.82) is 0 Å². The standard InChI is InChI=1S/C15H25NS/c1-11-9-13(12(2)17-11)7-8-15(3,4)10-16-14-5-6-14/h9,14,16H,5-8,10H2,1-4H3. The molecule has 0 aromatic carbocycles. The molecule has 96 valence electrons. The van der Waals surface area contributed by atoms with E-state index in [0.717, 1.165) is 6.04 Å². The summed E-state index contributed by atoms with van der Waals surface area (Å²) in [5, 5.41) is 3.66. The van der Waals surface area contributed by atoms with Gasteiger partial charge in [-0.25, -0.2) is 0 Å². The van der Waals surface area contributed by atoms with Crippen molar-refractivity contribution >= 4 is 11.3 Å². The van der Waals surface area contributed by atoms with Gasteiger partial charge in [0.1, 0.15) is 0 Å². The fourth-order valence-corrected chi connectivity index (χ4v) is 3.18. The van der Waals surface area contributed by atoms with E-state index in [4.69, 9.17) is 0 Å². The number of hydrogen-bond acceptors (Lipinski definition) is 2. The molecule has 1 nitrogen and oxygen atoms in total. The van der Waals surface area contributed by atoms with Gasteiger partial charge in [0.2, 0.25) is 0 Å². The predicted octanol–water partition coefficient (Wildman–Crippen LogP) is 4.08. The van der Waals surface area contributed by atoms with E-state index in [0.29, 0.717) is 5.41 Å². The summed E-state index contributed by atoms with van der Waals surface area (Å²) >= 11 is 1.93. The lowest BCUT2D eigenvalue weighted by atomic mass is 9.86. The molecule has 1 heterocycles. The Bertz CT molecular complexity index is 374. The highest BCUT2D eigenvalue weighted by Gasteiger charge is 2.25. The molecule has 2 rings (SSSR count). The number of aryl methyl sites for hydroxylation is 3. The molecule has 0 bridgehead atoms. The van der Waals surface area contributed by atoms with Gasteiger partial charge in [0.25, 0.3) is 0 Å². The summed E-state index contributed by atoms with van der Waals surface area (Å²) in [5.41, 5.74) is 1.98. The monoisotopic (exact) mass is 251 g/mol. The maximum atomic E-state index is 3.66. The third kappa shape index (κ3) is 4.11. The van der Waals surface area contributed by atoms with E-state index in [1.54, 1.807) is 5.56 Å². The van der Waals surface area contributed by atoms with Crippen molar-refractivity contribution in [1.82, 2.24) is 5.32 Å². The van der Waals surface area contributed by atoms with Crippen LogP contribution in [-0.4, -0.2) is 12.6 Å². The second kappa shape index (κ2) is 5.11. The highest BCUT2D eigenvalue weighted by Crippen LogP contribution is 2.28. The normalized spacial score (nSPS) is 16.5.